The summed E-state index contributed by atoms with van der Waals surface area (Å²) in [5.41, 5.74) is 1.08. The standard InChI is InChI=1S/C24H27F2NO5/c1-27(15-16-5-7-19(32-23(25)26)20(13-16)29-2)22(28)24(9-3-4-10-24)17-6-8-18-21(14-17)31-12-11-30-18/h5-8,13-14,23H,3-4,9-12,15H2,1-2H3. The Morgan fingerprint density at radius 3 is 2.47 bits per heavy atom. The number of ether oxygens (including phenoxy) is 4. The minimum Gasteiger partial charge on any atom is -0.493 e. The lowest BCUT2D eigenvalue weighted by atomic mass is 9.77. The van der Waals surface area contributed by atoms with E-state index >= 15 is 0 Å². The Bertz CT molecular complexity index is 975. The van der Waals surface area contributed by atoms with Gasteiger partial charge in [0.1, 0.15) is 13.2 Å². The molecule has 32 heavy (non-hydrogen) atoms. The van der Waals surface area contributed by atoms with Crippen molar-refractivity contribution < 1.29 is 32.5 Å². The molecule has 0 aromatic heterocycles. The zero-order valence-electron chi connectivity index (χ0n) is 18.2. The molecule has 0 bridgehead atoms. The molecule has 2 aromatic rings. The van der Waals surface area contributed by atoms with Crippen LogP contribution in [-0.4, -0.2) is 44.8 Å². The topological polar surface area (TPSA) is 57.2 Å². The molecule has 0 radical (unpaired) electrons. The number of hydrogen-bond donors (Lipinski definition) is 0. The van der Waals surface area contributed by atoms with Crippen LogP contribution in [0.2, 0.25) is 0 Å². The van der Waals surface area contributed by atoms with Gasteiger partial charge in [0.15, 0.2) is 23.0 Å². The van der Waals surface area contributed by atoms with Crippen LogP contribution in [-0.2, 0) is 16.8 Å². The zero-order chi connectivity index (χ0) is 22.7. The molecule has 0 saturated heterocycles. The van der Waals surface area contributed by atoms with Crippen molar-refractivity contribution >= 4 is 5.91 Å². The van der Waals surface area contributed by atoms with Crippen molar-refractivity contribution in [1.29, 1.82) is 0 Å². The van der Waals surface area contributed by atoms with E-state index in [4.69, 9.17) is 14.2 Å². The molecule has 2 aliphatic rings. The average Bonchev–Trinajstić information content (AvgIpc) is 3.30. The number of likely N-dealkylation sites (N-methyl/N-ethyl adjacent to an activating group) is 1. The van der Waals surface area contributed by atoms with Crippen LogP contribution < -0.4 is 18.9 Å². The summed E-state index contributed by atoms with van der Waals surface area (Å²) >= 11 is 0. The number of fused-ring (bicyclic) bond motifs is 1. The summed E-state index contributed by atoms with van der Waals surface area (Å²) in [7, 11) is 3.15. The number of amides is 1. The van der Waals surface area contributed by atoms with Gasteiger partial charge in [-0.2, -0.15) is 8.78 Å². The number of carbonyl (C=O) groups excluding carboxylic acids is 1. The molecule has 1 heterocycles. The van der Waals surface area contributed by atoms with E-state index in [1.807, 2.05) is 18.2 Å². The minimum atomic E-state index is -2.94. The first-order valence-corrected chi connectivity index (χ1v) is 10.7. The zero-order valence-corrected chi connectivity index (χ0v) is 18.2. The van der Waals surface area contributed by atoms with Crippen molar-refractivity contribution in [3.8, 4) is 23.0 Å². The van der Waals surface area contributed by atoms with Crippen molar-refractivity contribution in [3.63, 3.8) is 0 Å². The highest BCUT2D eigenvalue weighted by Crippen LogP contribution is 2.45. The average molecular weight is 447 g/mol. The van der Waals surface area contributed by atoms with Gasteiger partial charge in [0.25, 0.3) is 0 Å². The maximum atomic E-state index is 13.7. The van der Waals surface area contributed by atoms with Crippen LogP contribution in [0.3, 0.4) is 0 Å². The molecule has 172 valence electrons. The first-order chi connectivity index (χ1) is 15.4. The van der Waals surface area contributed by atoms with E-state index in [1.165, 1.54) is 13.2 Å². The number of methoxy groups -OCH3 is 1. The molecular weight excluding hydrogens is 420 g/mol. The van der Waals surface area contributed by atoms with Crippen LogP contribution >= 0.6 is 0 Å². The Labute approximate surface area is 186 Å². The van der Waals surface area contributed by atoms with Gasteiger partial charge in [0.05, 0.1) is 12.5 Å². The number of halogens is 2. The van der Waals surface area contributed by atoms with Crippen LogP contribution in [0.1, 0.15) is 36.8 Å². The summed E-state index contributed by atoms with van der Waals surface area (Å²) in [6.07, 6.45) is 3.48. The lowest BCUT2D eigenvalue weighted by Gasteiger charge is -2.34. The van der Waals surface area contributed by atoms with Crippen LogP contribution in [0.4, 0.5) is 8.78 Å². The molecular formula is C24H27F2NO5. The van der Waals surface area contributed by atoms with Crippen LogP contribution in [0.25, 0.3) is 0 Å². The van der Waals surface area contributed by atoms with Crippen LogP contribution in [0, 0.1) is 0 Å². The third kappa shape index (κ3) is 4.31. The highest BCUT2D eigenvalue weighted by atomic mass is 19.3. The molecule has 4 rings (SSSR count). The van der Waals surface area contributed by atoms with Gasteiger partial charge in [0.2, 0.25) is 5.91 Å². The fraction of sp³-hybridized carbons (Fsp3) is 0.458. The van der Waals surface area contributed by atoms with E-state index in [2.05, 4.69) is 4.74 Å². The van der Waals surface area contributed by atoms with Crippen LogP contribution in [0.15, 0.2) is 36.4 Å². The maximum Gasteiger partial charge on any atom is 0.387 e. The third-order valence-corrected chi connectivity index (χ3v) is 6.17. The number of nitrogens with zero attached hydrogens (tertiary/aromatic N) is 1. The summed E-state index contributed by atoms with van der Waals surface area (Å²) in [5.74, 6) is 1.57. The SMILES string of the molecule is COc1cc(CN(C)C(=O)C2(c3ccc4c(c3)OCCO4)CCCC2)ccc1OC(F)F. The first-order valence-electron chi connectivity index (χ1n) is 10.7. The second kappa shape index (κ2) is 9.22. The van der Waals surface area contributed by atoms with Crippen molar-refractivity contribution in [2.24, 2.45) is 0 Å². The fourth-order valence-electron chi connectivity index (χ4n) is 4.66. The van der Waals surface area contributed by atoms with Gasteiger partial charge in [-0.05, 0) is 48.2 Å². The van der Waals surface area contributed by atoms with Crippen LogP contribution in [0.5, 0.6) is 23.0 Å². The predicted molar refractivity (Wildman–Crippen MR) is 114 cm³/mol. The smallest absolute Gasteiger partial charge is 0.387 e. The number of carbonyl (C=O) groups is 1. The summed E-state index contributed by atoms with van der Waals surface area (Å²) in [6, 6.07) is 10.5. The van der Waals surface area contributed by atoms with E-state index in [-0.39, 0.29) is 17.4 Å². The number of benzene rings is 2. The van der Waals surface area contributed by atoms with Gasteiger partial charge in [-0.1, -0.05) is 25.0 Å². The molecule has 8 heteroatoms. The Morgan fingerprint density at radius 1 is 1.06 bits per heavy atom. The lowest BCUT2D eigenvalue weighted by Crippen LogP contribution is -2.43. The van der Waals surface area contributed by atoms with E-state index in [1.54, 1.807) is 24.1 Å². The third-order valence-electron chi connectivity index (χ3n) is 6.17. The Morgan fingerprint density at radius 2 is 1.78 bits per heavy atom. The Hall–Kier alpha value is -3.03. The quantitative estimate of drug-likeness (QED) is 0.624. The molecule has 1 aliphatic heterocycles. The first kappa shape index (κ1) is 22.2. The summed E-state index contributed by atoms with van der Waals surface area (Å²) in [4.78, 5) is 15.4. The molecule has 0 spiro atoms. The Balaban J connectivity index is 1.56. The molecule has 0 atom stereocenters. The maximum absolute atomic E-state index is 13.7. The van der Waals surface area contributed by atoms with Gasteiger partial charge in [-0.15, -0.1) is 0 Å². The van der Waals surface area contributed by atoms with Gasteiger partial charge >= 0.3 is 6.61 Å². The molecule has 1 aliphatic carbocycles. The van der Waals surface area contributed by atoms with Gasteiger partial charge in [-0.3, -0.25) is 4.79 Å². The summed E-state index contributed by atoms with van der Waals surface area (Å²) < 4.78 is 46.2. The molecule has 1 amide bonds. The van der Waals surface area contributed by atoms with E-state index < -0.39 is 12.0 Å². The largest absolute Gasteiger partial charge is 0.493 e. The second-order valence-corrected chi connectivity index (χ2v) is 8.17. The van der Waals surface area contributed by atoms with Gasteiger partial charge < -0.3 is 23.8 Å². The predicted octanol–water partition coefficient (Wildman–Crippen LogP) is 4.54. The number of alkyl halides is 2. The highest BCUT2D eigenvalue weighted by Gasteiger charge is 2.44. The molecule has 0 unspecified atom stereocenters. The van der Waals surface area contributed by atoms with Crippen molar-refractivity contribution in [2.75, 3.05) is 27.4 Å². The summed E-state index contributed by atoms with van der Waals surface area (Å²) in [5, 5.41) is 0. The van der Waals surface area contributed by atoms with Gasteiger partial charge in [-0.25, -0.2) is 0 Å². The molecule has 0 N–H and O–H groups in total. The van der Waals surface area contributed by atoms with E-state index in [0.29, 0.717) is 31.3 Å². The lowest BCUT2D eigenvalue weighted by molar-refractivity contribution is -0.136. The van der Waals surface area contributed by atoms with Crippen molar-refractivity contribution in [2.45, 2.75) is 44.3 Å². The molecule has 6 nitrogen and oxygen atoms in total. The number of rotatable bonds is 7. The summed E-state index contributed by atoms with van der Waals surface area (Å²) in [6.45, 7) is -1.61. The molecule has 2 aromatic carbocycles. The van der Waals surface area contributed by atoms with E-state index in [0.717, 1.165) is 36.8 Å². The fourth-order valence-corrected chi connectivity index (χ4v) is 4.66. The Kier molecular flexibility index (Phi) is 6.39. The van der Waals surface area contributed by atoms with Crippen molar-refractivity contribution in [3.05, 3.63) is 47.5 Å². The highest BCUT2D eigenvalue weighted by molar-refractivity contribution is 5.88. The van der Waals surface area contributed by atoms with Crippen molar-refractivity contribution in [1.82, 2.24) is 4.90 Å². The number of hydrogen-bond acceptors (Lipinski definition) is 5. The monoisotopic (exact) mass is 447 g/mol. The second-order valence-electron chi connectivity index (χ2n) is 8.17. The minimum absolute atomic E-state index is 0.0264. The normalized spacial score (nSPS) is 16.7. The van der Waals surface area contributed by atoms with E-state index in [9.17, 15) is 13.6 Å². The molecule has 1 fully saturated rings. The van der Waals surface area contributed by atoms with Gasteiger partial charge in [0, 0.05) is 13.6 Å². The molecule has 1 saturated carbocycles.